The van der Waals surface area contributed by atoms with Gasteiger partial charge in [0, 0.05) is 13.1 Å². The molecule has 1 aliphatic rings. The van der Waals surface area contributed by atoms with Gasteiger partial charge in [-0.3, -0.25) is 0 Å². The third-order valence-corrected chi connectivity index (χ3v) is 5.83. The molecule has 4 nitrogen and oxygen atoms in total. The first kappa shape index (κ1) is 15.4. The fourth-order valence-electron chi connectivity index (χ4n) is 2.51. The Bertz CT molecular complexity index is 586. The first-order valence-corrected chi connectivity index (χ1v) is 8.19. The van der Waals surface area contributed by atoms with Crippen molar-refractivity contribution in [3.8, 4) is 0 Å². The Kier molecular flexibility index (Phi) is 4.46. The van der Waals surface area contributed by atoms with Gasteiger partial charge in [0.25, 0.3) is 0 Å². The molecule has 1 N–H and O–H groups in total. The van der Waals surface area contributed by atoms with Crippen molar-refractivity contribution >= 4 is 10.0 Å². The molecule has 1 heterocycles. The molecule has 2 rings (SSSR count). The summed E-state index contributed by atoms with van der Waals surface area (Å²) in [6.45, 7) is 4.71. The van der Waals surface area contributed by atoms with E-state index in [0.29, 0.717) is 30.5 Å². The number of hydrogen-bond donors (Lipinski definition) is 1. The first-order valence-electron chi connectivity index (χ1n) is 6.75. The molecule has 0 saturated carbocycles. The second-order valence-electron chi connectivity index (χ2n) is 5.58. The van der Waals surface area contributed by atoms with Crippen LogP contribution in [0, 0.1) is 17.7 Å². The van der Waals surface area contributed by atoms with Crippen LogP contribution in [-0.2, 0) is 16.6 Å². The molecular formula is C14H20FNO3S. The van der Waals surface area contributed by atoms with E-state index in [1.54, 1.807) is 0 Å². The SMILES string of the molecule is CC(C)C1CCN(S(=O)(=O)c2ccc(CO)cc2F)C1. The lowest BCUT2D eigenvalue weighted by Crippen LogP contribution is -2.30. The summed E-state index contributed by atoms with van der Waals surface area (Å²) >= 11 is 0. The summed E-state index contributed by atoms with van der Waals surface area (Å²) < 4.78 is 40.2. The summed E-state index contributed by atoms with van der Waals surface area (Å²) in [5.41, 5.74) is 0.364. The molecule has 1 aromatic carbocycles. The Morgan fingerprint density at radius 1 is 1.45 bits per heavy atom. The van der Waals surface area contributed by atoms with Gasteiger partial charge in [0.15, 0.2) is 0 Å². The maximum atomic E-state index is 13.9. The van der Waals surface area contributed by atoms with Crippen molar-refractivity contribution in [2.75, 3.05) is 13.1 Å². The zero-order valence-electron chi connectivity index (χ0n) is 11.7. The van der Waals surface area contributed by atoms with Gasteiger partial charge < -0.3 is 5.11 Å². The lowest BCUT2D eigenvalue weighted by molar-refractivity contribution is 0.281. The predicted octanol–water partition coefficient (Wildman–Crippen LogP) is 1.98. The van der Waals surface area contributed by atoms with Crippen LogP contribution in [0.3, 0.4) is 0 Å². The van der Waals surface area contributed by atoms with E-state index in [-0.39, 0.29) is 11.5 Å². The highest BCUT2D eigenvalue weighted by Gasteiger charge is 2.35. The summed E-state index contributed by atoms with van der Waals surface area (Å²) in [4.78, 5) is -0.306. The molecule has 0 amide bonds. The van der Waals surface area contributed by atoms with Crippen LogP contribution in [0.15, 0.2) is 23.1 Å². The number of hydrogen-bond acceptors (Lipinski definition) is 3. The summed E-state index contributed by atoms with van der Waals surface area (Å²) in [5, 5.41) is 8.94. The Morgan fingerprint density at radius 2 is 2.15 bits per heavy atom. The third kappa shape index (κ3) is 2.87. The smallest absolute Gasteiger partial charge is 0.245 e. The van der Waals surface area contributed by atoms with E-state index < -0.39 is 15.8 Å². The zero-order valence-corrected chi connectivity index (χ0v) is 12.5. The van der Waals surface area contributed by atoms with Crippen LogP contribution in [0.5, 0.6) is 0 Å². The summed E-state index contributed by atoms with van der Waals surface area (Å²) in [5.74, 6) is -0.0640. The maximum absolute atomic E-state index is 13.9. The topological polar surface area (TPSA) is 57.6 Å². The molecule has 20 heavy (non-hydrogen) atoms. The number of sulfonamides is 1. The van der Waals surface area contributed by atoms with Crippen LogP contribution in [-0.4, -0.2) is 30.9 Å². The number of nitrogens with zero attached hydrogens (tertiary/aromatic N) is 1. The second kappa shape index (κ2) is 5.79. The van der Waals surface area contributed by atoms with Crippen molar-refractivity contribution in [2.24, 2.45) is 11.8 Å². The average molecular weight is 301 g/mol. The van der Waals surface area contributed by atoms with E-state index in [1.807, 2.05) is 0 Å². The lowest BCUT2D eigenvalue weighted by Gasteiger charge is -2.18. The molecule has 1 aliphatic heterocycles. The minimum Gasteiger partial charge on any atom is -0.392 e. The van der Waals surface area contributed by atoms with Crippen LogP contribution in [0.1, 0.15) is 25.8 Å². The van der Waals surface area contributed by atoms with E-state index in [2.05, 4.69) is 13.8 Å². The molecule has 1 unspecified atom stereocenters. The summed E-state index contributed by atoms with van der Waals surface area (Å²) in [6.07, 6.45) is 0.813. The Morgan fingerprint density at radius 3 is 2.65 bits per heavy atom. The second-order valence-corrected chi connectivity index (χ2v) is 7.49. The van der Waals surface area contributed by atoms with Gasteiger partial charge in [-0.15, -0.1) is 0 Å². The number of benzene rings is 1. The normalized spacial score (nSPS) is 20.8. The predicted molar refractivity (Wildman–Crippen MR) is 74.0 cm³/mol. The zero-order chi connectivity index (χ0) is 14.9. The molecule has 0 spiro atoms. The molecule has 0 aromatic heterocycles. The summed E-state index contributed by atoms with van der Waals surface area (Å²) in [6, 6.07) is 3.74. The Balaban J connectivity index is 2.27. The fourth-order valence-corrected chi connectivity index (χ4v) is 4.06. The minimum atomic E-state index is -3.78. The molecule has 1 saturated heterocycles. The molecule has 0 aliphatic carbocycles. The fraction of sp³-hybridized carbons (Fsp3) is 0.571. The van der Waals surface area contributed by atoms with Crippen LogP contribution in [0.25, 0.3) is 0 Å². The molecular weight excluding hydrogens is 281 g/mol. The molecule has 1 fully saturated rings. The lowest BCUT2D eigenvalue weighted by atomic mass is 9.96. The third-order valence-electron chi connectivity index (χ3n) is 3.93. The maximum Gasteiger partial charge on any atom is 0.245 e. The minimum absolute atomic E-state index is 0.306. The Labute approximate surface area is 119 Å². The highest BCUT2D eigenvalue weighted by molar-refractivity contribution is 7.89. The van der Waals surface area contributed by atoms with E-state index in [1.165, 1.54) is 16.4 Å². The molecule has 1 aromatic rings. The van der Waals surface area contributed by atoms with Gasteiger partial charge in [-0.25, -0.2) is 12.8 Å². The van der Waals surface area contributed by atoms with Gasteiger partial charge in [-0.1, -0.05) is 19.9 Å². The number of rotatable bonds is 4. The van der Waals surface area contributed by atoms with Crippen LogP contribution >= 0.6 is 0 Å². The number of aliphatic hydroxyl groups excluding tert-OH is 1. The van der Waals surface area contributed by atoms with E-state index in [9.17, 15) is 12.8 Å². The van der Waals surface area contributed by atoms with Gasteiger partial charge in [0.05, 0.1) is 6.61 Å². The van der Waals surface area contributed by atoms with Crippen molar-refractivity contribution < 1.29 is 17.9 Å². The quantitative estimate of drug-likeness (QED) is 0.925. The highest BCUT2D eigenvalue weighted by Crippen LogP contribution is 2.29. The van der Waals surface area contributed by atoms with Gasteiger partial charge in [-0.05, 0) is 36.0 Å². The van der Waals surface area contributed by atoms with Crippen molar-refractivity contribution in [1.29, 1.82) is 0 Å². The molecule has 112 valence electrons. The highest BCUT2D eigenvalue weighted by atomic mass is 32.2. The van der Waals surface area contributed by atoms with E-state index >= 15 is 0 Å². The Hall–Kier alpha value is -0.980. The van der Waals surface area contributed by atoms with Crippen molar-refractivity contribution in [2.45, 2.75) is 31.8 Å². The molecule has 6 heteroatoms. The van der Waals surface area contributed by atoms with Crippen molar-refractivity contribution in [3.05, 3.63) is 29.6 Å². The van der Waals surface area contributed by atoms with Gasteiger partial charge in [-0.2, -0.15) is 4.31 Å². The standard InChI is InChI=1S/C14H20FNO3S/c1-10(2)12-5-6-16(8-12)20(18,19)14-4-3-11(9-17)7-13(14)15/h3-4,7,10,12,17H,5-6,8-9H2,1-2H3. The van der Waals surface area contributed by atoms with E-state index in [0.717, 1.165) is 12.5 Å². The number of aliphatic hydroxyl groups is 1. The van der Waals surface area contributed by atoms with Gasteiger partial charge >= 0.3 is 0 Å². The number of halogens is 1. The molecule has 0 bridgehead atoms. The van der Waals surface area contributed by atoms with Crippen molar-refractivity contribution in [1.82, 2.24) is 4.31 Å². The largest absolute Gasteiger partial charge is 0.392 e. The van der Waals surface area contributed by atoms with Gasteiger partial charge in [0.2, 0.25) is 10.0 Å². The summed E-state index contributed by atoms with van der Waals surface area (Å²) in [7, 11) is -3.78. The average Bonchev–Trinajstić information content (AvgIpc) is 2.88. The first-order chi connectivity index (χ1) is 9.36. The van der Waals surface area contributed by atoms with Crippen LogP contribution < -0.4 is 0 Å². The van der Waals surface area contributed by atoms with Crippen LogP contribution in [0.2, 0.25) is 0 Å². The molecule has 0 radical (unpaired) electrons. The van der Waals surface area contributed by atoms with Crippen molar-refractivity contribution in [3.63, 3.8) is 0 Å². The monoisotopic (exact) mass is 301 g/mol. The van der Waals surface area contributed by atoms with Crippen LogP contribution in [0.4, 0.5) is 4.39 Å². The molecule has 1 atom stereocenters. The van der Waals surface area contributed by atoms with Gasteiger partial charge in [0.1, 0.15) is 10.7 Å². The van der Waals surface area contributed by atoms with E-state index in [4.69, 9.17) is 5.11 Å².